The molecule has 128 valence electrons. The average Bonchev–Trinajstić information content (AvgIpc) is 2.96. The van der Waals surface area contributed by atoms with Crippen LogP contribution in [0.4, 0.5) is 0 Å². The molecular formula is C15H25N5O2S. The highest BCUT2D eigenvalue weighted by molar-refractivity contribution is 8.00. The van der Waals surface area contributed by atoms with E-state index in [1.165, 1.54) is 31.0 Å². The molecule has 1 amide bonds. The number of hydrogen-bond acceptors (Lipinski definition) is 6. The van der Waals surface area contributed by atoms with Crippen molar-refractivity contribution in [3.8, 4) is 0 Å². The third-order valence-electron chi connectivity index (χ3n) is 4.61. The summed E-state index contributed by atoms with van der Waals surface area (Å²) in [5.74, 6) is 7.56. The number of thioether (sulfide) groups is 1. The van der Waals surface area contributed by atoms with Crippen molar-refractivity contribution < 1.29 is 9.53 Å². The molecule has 1 aliphatic heterocycles. The molecule has 0 bridgehead atoms. The number of carbonyl (C=O) groups is 1. The second-order valence-electron chi connectivity index (χ2n) is 6.24. The van der Waals surface area contributed by atoms with Gasteiger partial charge in [0.2, 0.25) is 11.1 Å². The number of carbonyl (C=O) groups excluding carboxylic acids is 1. The van der Waals surface area contributed by atoms with E-state index in [1.807, 2.05) is 11.8 Å². The Kier molecular flexibility index (Phi) is 5.42. The molecule has 8 heteroatoms. The standard InChI is InChI=1S/C15H25N5O2S/c1-11(14(21)19-7-9-22-10-8-19)23-15-18-17-13(20(15)16)12-5-3-2-4-6-12/h11-12H,2-10,16H2,1H3/t11-/m0/s1. The molecule has 0 unspecified atom stereocenters. The van der Waals surface area contributed by atoms with Gasteiger partial charge in [0.05, 0.1) is 18.5 Å². The Morgan fingerprint density at radius 2 is 1.96 bits per heavy atom. The topological polar surface area (TPSA) is 86.3 Å². The first-order valence-electron chi connectivity index (χ1n) is 8.40. The second kappa shape index (κ2) is 7.53. The molecule has 1 aromatic rings. The van der Waals surface area contributed by atoms with E-state index in [9.17, 15) is 4.79 Å². The van der Waals surface area contributed by atoms with Gasteiger partial charge in [0.1, 0.15) is 0 Å². The maximum absolute atomic E-state index is 12.5. The number of morpholine rings is 1. The molecule has 0 radical (unpaired) electrons. The first-order valence-corrected chi connectivity index (χ1v) is 9.28. The zero-order valence-corrected chi connectivity index (χ0v) is 14.4. The van der Waals surface area contributed by atoms with Crippen molar-refractivity contribution in [1.29, 1.82) is 0 Å². The van der Waals surface area contributed by atoms with Crippen molar-refractivity contribution in [3.63, 3.8) is 0 Å². The summed E-state index contributed by atoms with van der Waals surface area (Å²) in [6.45, 7) is 4.44. The summed E-state index contributed by atoms with van der Waals surface area (Å²) < 4.78 is 6.88. The van der Waals surface area contributed by atoms with E-state index in [4.69, 9.17) is 10.6 Å². The smallest absolute Gasteiger partial charge is 0.236 e. The van der Waals surface area contributed by atoms with Crippen LogP contribution < -0.4 is 5.84 Å². The van der Waals surface area contributed by atoms with E-state index < -0.39 is 0 Å². The van der Waals surface area contributed by atoms with Crippen molar-refractivity contribution in [2.24, 2.45) is 0 Å². The summed E-state index contributed by atoms with van der Waals surface area (Å²) in [6, 6.07) is 0. The average molecular weight is 339 g/mol. The molecule has 0 spiro atoms. The lowest BCUT2D eigenvalue weighted by Crippen LogP contribution is -2.44. The van der Waals surface area contributed by atoms with Crippen molar-refractivity contribution in [2.45, 2.75) is 55.4 Å². The highest BCUT2D eigenvalue weighted by Gasteiger charge is 2.27. The van der Waals surface area contributed by atoms with Crippen molar-refractivity contribution in [3.05, 3.63) is 5.82 Å². The molecule has 3 rings (SSSR count). The predicted molar refractivity (Wildman–Crippen MR) is 88.7 cm³/mol. The van der Waals surface area contributed by atoms with E-state index in [2.05, 4.69) is 10.2 Å². The molecule has 1 saturated carbocycles. The van der Waals surface area contributed by atoms with Crippen LogP contribution in [0.1, 0.15) is 50.8 Å². The molecule has 2 aliphatic rings. The quantitative estimate of drug-likeness (QED) is 0.659. The summed E-state index contributed by atoms with van der Waals surface area (Å²) in [7, 11) is 0. The molecular weight excluding hydrogens is 314 g/mol. The first-order chi connectivity index (χ1) is 11.2. The molecule has 2 N–H and O–H groups in total. The number of aromatic nitrogens is 3. The van der Waals surface area contributed by atoms with Gasteiger partial charge in [0.15, 0.2) is 5.82 Å². The van der Waals surface area contributed by atoms with Gasteiger partial charge in [-0.05, 0) is 19.8 Å². The second-order valence-corrected chi connectivity index (χ2v) is 7.55. The van der Waals surface area contributed by atoms with Crippen LogP contribution in [0.25, 0.3) is 0 Å². The van der Waals surface area contributed by atoms with Crippen molar-refractivity contribution in [2.75, 3.05) is 32.1 Å². The third kappa shape index (κ3) is 3.80. The van der Waals surface area contributed by atoms with Crippen LogP contribution in [0.5, 0.6) is 0 Å². The van der Waals surface area contributed by atoms with Gasteiger partial charge in [0, 0.05) is 19.0 Å². The molecule has 0 aromatic carbocycles. The number of rotatable bonds is 4. The Balaban J connectivity index is 1.63. The van der Waals surface area contributed by atoms with E-state index in [1.54, 1.807) is 4.68 Å². The van der Waals surface area contributed by atoms with Crippen molar-refractivity contribution in [1.82, 2.24) is 19.8 Å². The Labute approximate surface area is 140 Å². The minimum Gasteiger partial charge on any atom is -0.378 e. The lowest BCUT2D eigenvalue weighted by Gasteiger charge is -2.28. The first kappa shape index (κ1) is 16.6. The predicted octanol–water partition coefficient (Wildman–Crippen LogP) is 1.38. The summed E-state index contributed by atoms with van der Waals surface area (Å²) in [6.07, 6.45) is 6.00. The normalized spacial score (nSPS) is 21.3. The van der Waals surface area contributed by atoms with Crippen LogP contribution in [-0.4, -0.2) is 57.2 Å². The molecule has 2 fully saturated rings. The summed E-state index contributed by atoms with van der Waals surface area (Å²) >= 11 is 1.39. The number of ether oxygens (including phenoxy) is 1. The molecule has 2 heterocycles. The van der Waals surface area contributed by atoms with E-state index in [0.29, 0.717) is 37.4 Å². The monoisotopic (exact) mass is 339 g/mol. The molecule has 1 aromatic heterocycles. The highest BCUT2D eigenvalue weighted by Crippen LogP contribution is 2.33. The highest BCUT2D eigenvalue weighted by atomic mass is 32.2. The van der Waals surface area contributed by atoms with Gasteiger partial charge < -0.3 is 15.5 Å². The van der Waals surface area contributed by atoms with Gasteiger partial charge in [-0.1, -0.05) is 31.0 Å². The van der Waals surface area contributed by atoms with E-state index in [0.717, 1.165) is 18.7 Å². The lowest BCUT2D eigenvalue weighted by atomic mass is 9.89. The summed E-state index contributed by atoms with van der Waals surface area (Å²) in [5.41, 5.74) is 0. The van der Waals surface area contributed by atoms with Crippen LogP contribution in [0.3, 0.4) is 0 Å². The number of hydrogen-bond donors (Lipinski definition) is 1. The maximum atomic E-state index is 12.5. The number of nitrogens with two attached hydrogens (primary N) is 1. The molecule has 7 nitrogen and oxygen atoms in total. The Morgan fingerprint density at radius 3 is 2.65 bits per heavy atom. The van der Waals surface area contributed by atoms with Crippen LogP contribution in [0, 0.1) is 0 Å². The number of amides is 1. The number of nitrogen functional groups attached to an aromatic ring is 1. The molecule has 1 atom stereocenters. The molecule has 1 saturated heterocycles. The van der Waals surface area contributed by atoms with Crippen molar-refractivity contribution >= 4 is 17.7 Å². The van der Waals surface area contributed by atoms with Crippen LogP contribution in [-0.2, 0) is 9.53 Å². The minimum atomic E-state index is -0.223. The van der Waals surface area contributed by atoms with Crippen LogP contribution in [0.2, 0.25) is 0 Å². The van der Waals surface area contributed by atoms with E-state index in [-0.39, 0.29) is 11.2 Å². The Bertz CT molecular complexity index is 538. The molecule has 1 aliphatic carbocycles. The van der Waals surface area contributed by atoms with Gasteiger partial charge in [-0.2, -0.15) is 0 Å². The van der Waals surface area contributed by atoms with Crippen LogP contribution in [0.15, 0.2) is 5.16 Å². The van der Waals surface area contributed by atoms with Gasteiger partial charge in [0.25, 0.3) is 0 Å². The fourth-order valence-corrected chi connectivity index (χ4v) is 4.12. The zero-order valence-electron chi connectivity index (χ0n) is 13.6. The maximum Gasteiger partial charge on any atom is 0.236 e. The fourth-order valence-electron chi connectivity index (χ4n) is 3.26. The Morgan fingerprint density at radius 1 is 1.26 bits per heavy atom. The fraction of sp³-hybridized carbons (Fsp3) is 0.800. The van der Waals surface area contributed by atoms with Gasteiger partial charge in [-0.25, -0.2) is 4.68 Å². The largest absolute Gasteiger partial charge is 0.378 e. The lowest BCUT2D eigenvalue weighted by molar-refractivity contribution is -0.134. The SMILES string of the molecule is C[C@H](Sc1nnc(C2CCCCC2)n1N)C(=O)N1CCOCC1. The van der Waals surface area contributed by atoms with Gasteiger partial charge in [-0.3, -0.25) is 4.79 Å². The van der Waals surface area contributed by atoms with E-state index >= 15 is 0 Å². The minimum absolute atomic E-state index is 0.112. The summed E-state index contributed by atoms with van der Waals surface area (Å²) in [5, 5.41) is 8.90. The Hall–Kier alpha value is -1.28. The third-order valence-corrected chi connectivity index (χ3v) is 5.66. The summed E-state index contributed by atoms with van der Waals surface area (Å²) in [4.78, 5) is 14.3. The van der Waals surface area contributed by atoms with Gasteiger partial charge in [-0.15, -0.1) is 10.2 Å². The van der Waals surface area contributed by atoms with Gasteiger partial charge >= 0.3 is 0 Å². The molecule has 23 heavy (non-hydrogen) atoms. The number of nitrogens with zero attached hydrogens (tertiary/aromatic N) is 4. The zero-order chi connectivity index (χ0) is 16.2. The van der Waals surface area contributed by atoms with Crippen LogP contribution >= 0.6 is 11.8 Å².